The van der Waals surface area contributed by atoms with E-state index in [0.29, 0.717) is 10.6 Å². The van der Waals surface area contributed by atoms with Crippen molar-refractivity contribution in [3.63, 3.8) is 0 Å². The number of hydrogen-bond donors (Lipinski definition) is 1. The van der Waals surface area contributed by atoms with E-state index in [4.69, 9.17) is 34.8 Å². The summed E-state index contributed by atoms with van der Waals surface area (Å²) in [6.45, 7) is 1.12. The summed E-state index contributed by atoms with van der Waals surface area (Å²) in [5.41, 5.74) is 0.561. The Morgan fingerprint density at radius 2 is 1.90 bits per heavy atom. The predicted molar refractivity (Wildman–Crippen MR) is 83.6 cm³/mol. The van der Waals surface area contributed by atoms with E-state index in [1.54, 1.807) is 6.92 Å². The summed E-state index contributed by atoms with van der Waals surface area (Å²) in [4.78, 5) is 11.0. The number of nitrogens with one attached hydrogen (secondary N) is 1. The van der Waals surface area contributed by atoms with E-state index in [0.717, 1.165) is 11.4 Å². The maximum absolute atomic E-state index is 12.1. The van der Waals surface area contributed by atoms with Gasteiger partial charge < -0.3 is 4.74 Å². The fraction of sp³-hybridized carbons (Fsp3) is 0.364. The van der Waals surface area contributed by atoms with Crippen LogP contribution in [0.3, 0.4) is 0 Å². The van der Waals surface area contributed by atoms with Gasteiger partial charge in [-0.05, 0) is 18.6 Å². The zero-order valence-corrected chi connectivity index (χ0v) is 14.5. The normalized spacial score (nSPS) is 11.3. The highest BCUT2D eigenvalue weighted by atomic mass is 35.5. The van der Waals surface area contributed by atoms with Crippen molar-refractivity contribution in [2.45, 2.75) is 6.92 Å². The third-order valence-corrected chi connectivity index (χ3v) is 5.23. The lowest BCUT2D eigenvalue weighted by Gasteiger charge is -2.23. The lowest BCUT2D eigenvalue weighted by molar-refractivity contribution is -0.139. The van der Waals surface area contributed by atoms with Crippen molar-refractivity contribution in [3.8, 4) is 0 Å². The maximum Gasteiger partial charge on any atom is 0.320 e. The predicted octanol–water partition coefficient (Wildman–Crippen LogP) is 2.40. The molecular formula is C11H13Cl3N2O4S. The number of hydrogen-bond acceptors (Lipinski definition) is 4. The molecule has 0 amide bonds. The van der Waals surface area contributed by atoms with Crippen LogP contribution in [0.4, 0.5) is 5.69 Å². The summed E-state index contributed by atoms with van der Waals surface area (Å²) < 4.78 is 31.5. The van der Waals surface area contributed by atoms with Gasteiger partial charge in [0.15, 0.2) is 0 Å². The molecule has 21 heavy (non-hydrogen) atoms. The van der Waals surface area contributed by atoms with Gasteiger partial charge >= 0.3 is 16.2 Å². The molecule has 0 aliphatic rings. The van der Waals surface area contributed by atoms with E-state index in [2.05, 4.69) is 9.46 Å². The van der Waals surface area contributed by atoms with Crippen molar-refractivity contribution in [2.24, 2.45) is 0 Å². The number of ether oxygens (including phenoxy) is 1. The minimum Gasteiger partial charge on any atom is -0.468 e. The van der Waals surface area contributed by atoms with Crippen molar-refractivity contribution in [1.29, 1.82) is 0 Å². The molecule has 1 aromatic rings. The first-order valence-electron chi connectivity index (χ1n) is 5.56. The van der Waals surface area contributed by atoms with E-state index < -0.39 is 22.7 Å². The Labute approximate surface area is 138 Å². The highest BCUT2D eigenvalue weighted by molar-refractivity contribution is 7.90. The number of rotatable bonds is 5. The minimum absolute atomic E-state index is 0.0672. The van der Waals surface area contributed by atoms with Crippen LogP contribution in [0, 0.1) is 6.92 Å². The standard InChI is InChI=1S/C11H13Cl3N2O4S/c1-6-7(12)4-8(13)11(10(6)14)16(2)21(18,19)15-5-9(17)20-3/h4,15H,5H2,1-3H3. The first kappa shape index (κ1) is 18.3. The second kappa shape index (κ2) is 7.02. The highest BCUT2D eigenvalue weighted by Gasteiger charge is 2.25. The van der Waals surface area contributed by atoms with E-state index >= 15 is 0 Å². The average Bonchev–Trinajstić information content (AvgIpc) is 2.42. The number of benzene rings is 1. The number of halogens is 3. The van der Waals surface area contributed by atoms with E-state index in [1.807, 2.05) is 0 Å². The molecule has 1 N–H and O–H groups in total. The Bertz CT molecular complexity index is 664. The molecule has 0 aliphatic carbocycles. The van der Waals surface area contributed by atoms with Crippen LogP contribution < -0.4 is 9.03 Å². The van der Waals surface area contributed by atoms with Crippen molar-refractivity contribution >= 4 is 56.7 Å². The molecule has 0 aromatic heterocycles. The Morgan fingerprint density at radius 3 is 2.43 bits per heavy atom. The van der Waals surface area contributed by atoms with E-state index in [1.165, 1.54) is 13.1 Å². The molecule has 0 bridgehead atoms. The van der Waals surface area contributed by atoms with Crippen molar-refractivity contribution in [2.75, 3.05) is 25.0 Å². The number of esters is 1. The van der Waals surface area contributed by atoms with Crippen molar-refractivity contribution in [1.82, 2.24) is 4.72 Å². The SMILES string of the molecule is COC(=O)CNS(=O)(=O)N(C)c1c(Cl)cc(Cl)c(C)c1Cl. The van der Waals surface area contributed by atoms with Crippen LogP contribution >= 0.6 is 34.8 Å². The second-order valence-corrected chi connectivity index (χ2v) is 6.98. The Hall–Kier alpha value is -0.730. The Morgan fingerprint density at radius 1 is 1.33 bits per heavy atom. The first-order valence-corrected chi connectivity index (χ1v) is 8.13. The molecule has 0 saturated heterocycles. The molecule has 1 aromatic carbocycles. The lowest BCUT2D eigenvalue weighted by atomic mass is 10.2. The molecule has 1 rings (SSSR count). The Kier molecular flexibility index (Phi) is 6.12. The molecule has 0 atom stereocenters. The second-order valence-electron chi connectivity index (χ2n) is 4.00. The molecule has 0 spiro atoms. The maximum atomic E-state index is 12.1. The number of carbonyl (C=O) groups excluding carboxylic acids is 1. The summed E-state index contributed by atoms with van der Waals surface area (Å²) >= 11 is 18.0. The monoisotopic (exact) mass is 374 g/mol. The zero-order chi connectivity index (χ0) is 16.4. The van der Waals surface area contributed by atoms with Gasteiger partial charge in [0.1, 0.15) is 6.54 Å². The molecule has 10 heteroatoms. The topological polar surface area (TPSA) is 75.7 Å². The number of carbonyl (C=O) groups is 1. The number of nitrogens with zero attached hydrogens (tertiary/aromatic N) is 1. The quantitative estimate of drug-likeness (QED) is 0.802. The van der Waals surface area contributed by atoms with Gasteiger partial charge in [-0.25, -0.2) is 0 Å². The molecule has 0 heterocycles. The molecule has 0 radical (unpaired) electrons. The summed E-state index contributed by atoms with van der Waals surface area (Å²) in [5, 5.41) is 0.502. The van der Waals surface area contributed by atoms with Gasteiger partial charge in [-0.3, -0.25) is 9.10 Å². The largest absolute Gasteiger partial charge is 0.468 e. The van der Waals surface area contributed by atoms with Gasteiger partial charge in [-0.15, -0.1) is 0 Å². The van der Waals surface area contributed by atoms with Gasteiger partial charge in [-0.2, -0.15) is 13.1 Å². The molecule has 6 nitrogen and oxygen atoms in total. The van der Waals surface area contributed by atoms with Crippen LogP contribution in [0.15, 0.2) is 6.07 Å². The summed E-state index contributed by atoms with van der Waals surface area (Å²) in [6.07, 6.45) is 0. The lowest BCUT2D eigenvalue weighted by Crippen LogP contribution is -2.41. The summed E-state index contributed by atoms with van der Waals surface area (Å²) in [7, 11) is -1.62. The van der Waals surface area contributed by atoms with Crippen LogP contribution in [-0.2, 0) is 19.7 Å². The van der Waals surface area contributed by atoms with Gasteiger partial charge in [0.05, 0.1) is 22.8 Å². The molecular weight excluding hydrogens is 363 g/mol. The van der Waals surface area contributed by atoms with Crippen molar-refractivity contribution in [3.05, 3.63) is 26.7 Å². The summed E-state index contributed by atoms with van der Waals surface area (Å²) in [5.74, 6) is -0.726. The Balaban J connectivity index is 3.17. The fourth-order valence-corrected chi connectivity index (χ4v) is 3.44. The van der Waals surface area contributed by atoms with Gasteiger partial charge in [-0.1, -0.05) is 34.8 Å². The number of anilines is 1. The molecule has 0 unspecified atom stereocenters. The van der Waals surface area contributed by atoms with Gasteiger partial charge in [0.25, 0.3) is 0 Å². The van der Waals surface area contributed by atoms with Crippen LogP contribution in [0.5, 0.6) is 0 Å². The third-order valence-electron chi connectivity index (χ3n) is 2.68. The van der Waals surface area contributed by atoms with Gasteiger partial charge in [0.2, 0.25) is 0 Å². The van der Waals surface area contributed by atoms with Crippen LogP contribution in [-0.4, -0.2) is 35.1 Å². The van der Waals surface area contributed by atoms with Crippen LogP contribution in [0.1, 0.15) is 5.56 Å². The fourth-order valence-electron chi connectivity index (χ4n) is 1.40. The average molecular weight is 376 g/mol. The molecule has 0 fully saturated rings. The molecule has 118 valence electrons. The first-order chi connectivity index (χ1) is 9.61. The smallest absolute Gasteiger partial charge is 0.320 e. The van der Waals surface area contributed by atoms with E-state index in [-0.39, 0.29) is 15.7 Å². The highest BCUT2D eigenvalue weighted by Crippen LogP contribution is 2.40. The zero-order valence-electron chi connectivity index (χ0n) is 11.4. The minimum atomic E-state index is -4.02. The summed E-state index contributed by atoms with van der Waals surface area (Å²) in [6, 6.07) is 1.39. The number of methoxy groups -OCH3 is 1. The third kappa shape index (κ3) is 4.14. The van der Waals surface area contributed by atoms with Crippen LogP contribution in [0.25, 0.3) is 0 Å². The van der Waals surface area contributed by atoms with Gasteiger partial charge in [0, 0.05) is 12.1 Å². The van der Waals surface area contributed by atoms with Crippen molar-refractivity contribution < 1.29 is 17.9 Å². The molecule has 0 saturated carbocycles. The van der Waals surface area contributed by atoms with Crippen LogP contribution in [0.2, 0.25) is 15.1 Å². The van der Waals surface area contributed by atoms with E-state index in [9.17, 15) is 13.2 Å². The molecule has 0 aliphatic heterocycles.